The second-order valence-electron chi connectivity index (χ2n) is 13.2. The number of nitrogens with one attached hydrogen (secondary N) is 2. The predicted octanol–water partition coefficient (Wildman–Crippen LogP) is 8.86. The number of carbonyl (C=O) groups excluding carboxylic acids is 2. The van der Waals surface area contributed by atoms with Crippen LogP contribution in [0.1, 0.15) is 101 Å². The normalized spacial score (nSPS) is 15.8. The number of benzene rings is 2. The van der Waals surface area contributed by atoms with Gasteiger partial charge in [-0.25, -0.2) is 9.59 Å². The zero-order valence-electron chi connectivity index (χ0n) is 29.2. The number of nitrogens with zero attached hydrogens (tertiary/aromatic N) is 2. The monoisotopic (exact) mass is 702 g/mol. The van der Waals surface area contributed by atoms with Gasteiger partial charge in [0, 0.05) is 51.9 Å². The molecule has 11 heteroatoms. The highest BCUT2D eigenvalue weighted by Crippen LogP contribution is 2.40. The fourth-order valence-corrected chi connectivity index (χ4v) is 7.31. The van der Waals surface area contributed by atoms with Crippen molar-refractivity contribution < 1.29 is 24.0 Å². The quantitative estimate of drug-likeness (QED) is 0.0650. The summed E-state index contributed by atoms with van der Waals surface area (Å²) >= 11 is 6.27. The van der Waals surface area contributed by atoms with E-state index in [0.717, 1.165) is 75.2 Å². The summed E-state index contributed by atoms with van der Waals surface area (Å²) in [5, 5.41) is 20.2. The smallest absolute Gasteiger partial charge is 0.336 e. The molecule has 0 saturated heterocycles. The van der Waals surface area contributed by atoms with Crippen molar-refractivity contribution in [2.45, 2.75) is 96.8 Å². The van der Waals surface area contributed by atoms with Crippen molar-refractivity contribution in [2.24, 2.45) is 0 Å². The molecule has 0 radical (unpaired) electrons. The van der Waals surface area contributed by atoms with E-state index >= 15 is 0 Å². The Hall–Kier alpha value is -4.44. The minimum atomic E-state index is -0.861. The summed E-state index contributed by atoms with van der Waals surface area (Å²) in [6, 6.07) is 12.0. The van der Waals surface area contributed by atoms with E-state index in [9.17, 15) is 19.7 Å². The molecule has 0 saturated carbocycles. The average Bonchev–Trinajstić information content (AvgIpc) is 3.10. The Kier molecular flexibility index (Phi) is 12.9. The molecular weight excluding hydrogens is 656 g/mol. The van der Waals surface area contributed by atoms with Gasteiger partial charge in [0.2, 0.25) is 0 Å². The highest BCUT2D eigenvalue weighted by molar-refractivity contribution is 6.31. The molecule has 2 heterocycles. The van der Waals surface area contributed by atoms with Gasteiger partial charge in [-0.15, -0.1) is 0 Å². The lowest BCUT2D eigenvalue weighted by Gasteiger charge is -2.30. The van der Waals surface area contributed by atoms with Crippen molar-refractivity contribution in [3.8, 4) is 0 Å². The molecule has 0 amide bonds. The van der Waals surface area contributed by atoms with Crippen LogP contribution in [0, 0.1) is 10.1 Å². The van der Waals surface area contributed by atoms with Crippen molar-refractivity contribution in [2.75, 3.05) is 25.6 Å². The number of rotatable bonds is 16. The van der Waals surface area contributed by atoms with Crippen LogP contribution in [0.15, 0.2) is 65.0 Å². The molecule has 10 nitrogen and oxygen atoms in total. The first-order chi connectivity index (χ1) is 24.2. The van der Waals surface area contributed by atoms with E-state index in [1.165, 1.54) is 55.4 Å². The van der Waals surface area contributed by atoms with Crippen molar-refractivity contribution >= 4 is 45.8 Å². The Balaban J connectivity index is 1.04. The number of hydrogen-bond acceptors (Lipinski definition) is 9. The number of dihydropyridines is 1. The molecule has 1 aliphatic heterocycles. The number of aromatic nitrogens is 1. The fraction of sp³-hybridized carbons (Fsp3) is 0.462. The van der Waals surface area contributed by atoms with Gasteiger partial charge in [0.25, 0.3) is 5.69 Å². The zero-order valence-corrected chi connectivity index (χ0v) is 30.0. The van der Waals surface area contributed by atoms with E-state index in [0.29, 0.717) is 22.0 Å². The predicted molar refractivity (Wildman–Crippen MR) is 196 cm³/mol. The van der Waals surface area contributed by atoms with Crippen LogP contribution in [0.4, 0.5) is 11.4 Å². The van der Waals surface area contributed by atoms with Crippen molar-refractivity contribution in [1.82, 2.24) is 10.3 Å². The molecule has 1 aliphatic carbocycles. The number of allylic oxidation sites excluding steroid dienone is 2. The van der Waals surface area contributed by atoms with Gasteiger partial charge in [0.1, 0.15) is 0 Å². The van der Waals surface area contributed by atoms with E-state index in [2.05, 4.69) is 16.7 Å². The molecule has 50 heavy (non-hydrogen) atoms. The van der Waals surface area contributed by atoms with Crippen molar-refractivity contribution in [3.05, 3.63) is 97.0 Å². The third-order valence-corrected chi connectivity index (χ3v) is 9.87. The molecule has 5 rings (SSSR count). The fourth-order valence-electron chi connectivity index (χ4n) is 7.14. The van der Waals surface area contributed by atoms with E-state index in [4.69, 9.17) is 26.1 Å². The molecule has 0 fully saturated rings. The second-order valence-corrected chi connectivity index (χ2v) is 13.6. The van der Waals surface area contributed by atoms with E-state index in [1.807, 2.05) is 12.1 Å². The summed E-state index contributed by atoms with van der Waals surface area (Å²) < 4.78 is 10.7. The summed E-state index contributed by atoms with van der Waals surface area (Å²) in [4.78, 5) is 42.2. The summed E-state index contributed by atoms with van der Waals surface area (Å²) in [6.07, 6.45) is 13.0. The lowest BCUT2D eigenvalue weighted by atomic mass is 9.80. The lowest BCUT2D eigenvalue weighted by molar-refractivity contribution is -0.384. The summed E-state index contributed by atoms with van der Waals surface area (Å²) in [6.45, 7) is 4.63. The number of carbonyl (C=O) groups is 2. The number of anilines is 1. The maximum absolute atomic E-state index is 13.4. The summed E-state index contributed by atoms with van der Waals surface area (Å²) in [5.74, 6) is -2.04. The third-order valence-electron chi connectivity index (χ3n) is 9.63. The first-order valence-corrected chi connectivity index (χ1v) is 18.1. The number of ether oxygens (including phenoxy) is 2. The number of fused-ring (bicyclic) bond motifs is 2. The van der Waals surface area contributed by atoms with Gasteiger partial charge in [-0.2, -0.15) is 0 Å². The Morgan fingerprint density at radius 2 is 1.62 bits per heavy atom. The summed E-state index contributed by atoms with van der Waals surface area (Å²) in [7, 11) is 1.27. The van der Waals surface area contributed by atoms with Crippen molar-refractivity contribution in [1.29, 1.82) is 0 Å². The Bertz CT molecular complexity index is 1800. The molecule has 2 aliphatic rings. The molecule has 1 atom stereocenters. The number of methoxy groups -OCH3 is 1. The number of aryl methyl sites for hydroxylation is 1. The largest absolute Gasteiger partial charge is 0.466 e. The SMILES string of the molecule is COC(=O)C1=C(C)NC(C)=C(C(=O)OCCCCCCCCCCNc2c3c(nc4cc(Cl)ccc24)CCCC3)C1c1cccc([N+](=O)[O-])c1. The maximum atomic E-state index is 13.4. The number of nitro benzene ring substituents is 1. The zero-order chi connectivity index (χ0) is 35.6. The average molecular weight is 703 g/mol. The molecule has 3 aromatic rings. The number of hydrogen-bond donors (Lipinski definition) is 2. The van der Waals surface area contributed by atoms with Gasteiger partial charge in [-0.3, -0.25) is 15.1 Å². The van der Waals surface area contributed by atoms with Crippen LogP contribution in [0.3, 0.4) is 0 Å². The molecule has 1 aromatic heterocycles. The van der Waals surface area contributed by atoms with Crippen molar-refractivity contribution in [3.63, 3.8) is 0 Å². The highest BCUT2D eigenvalue weighted by atomic mass is 35.5. The second kappa shape index (κ2) is 17.5. The Morgan fingerprint density at radius 1 is 0.940 bits per heavy atom. The molecule has 1 unspecified atom stereocenters. The topological polar surface area (TPSA) is 133 Å². The first kappa shape index (κ1) is 36.8. The number of pyridine rings is 1. The number of halogens is 1. The van der Waals surface area contributed by atoms with Gasteiger partial charge in [-0.1, -0.05) is 62.3 Å². The van der Waals surface area contributed by atoms with E-state index < -0.39 is 22.8 Å². The number of nitro groups is 1. The molecule has 2 aromatic carbocycles. The lowest BCUT2D eigenvalue weighted by Crippen LogP contribution is -2.32. The standard InChI is InChI=1S/C39H47ClN4O6/c1-25-34(38(45)49-3)36(27-15-14-16-29(23-27)44(47)48)35(26(2)42-25)39(46)50-22-13-9-7-5-4-6-8-12-21-41-37-30-17-10-11-18-32(30)43-33-24-28(40)19-20-31(33)37/h14-16,19-20,23-24,36,42H,4-13,17-18,21-22H2,1-3H3,(H,41,43). The Morgan fingerprint density at radius 3 is 2.34 bits per heavy atom. The van der Waals surface area contributed by atoms with Gasteiger partial charge < -0.3 is 20.1 Å². The number of unbranched alkanes of at least 4 members (excludes halogenated alkanes) is 7. The van der Waals surface area contributed by atoms with Gasteiger partial charge in [0.05, 0.1) is 41.2 Å². The molecule has 2 N–H and O–H groups in total. The van der Waals surface area contributed by atoms with Crippen LogP contribution in [0.5, 0.6) is 0 Å². The van der Waals surface area contributed by atoms with Gasteiger partial charge in [-0.05, 0) is 81.7 Å². The number of esters is 2. The maximum Gasteiger partial charge on any atom is 0.336 e. The minimum absolute atomic E-state index is 0.132. The number of non-ortho nitro benzene ring substituents is 1. The highest BCUT2D eigenvalue weighted by Gasteiger charge is 2.38. The molecule has 0 bridgehead atoms. The van der Waals surface area contributed by atoms with Gasteiger partial charge in [0.15, 0.2) is 0 Å². The molecule has 0 spiro atoms. The minimum Gasteiger partial charge on any atom is -0.466 e. The van der Waals surface area contributed by atoms with Crippen LogP contribution in [-0.2, 0) is 31.9 Å². The van der Waals surface area contributed by atoms with Crippen LogP contribution in [-0.4, -0.2) is 42.1 Å². The molecular formula is C39H47ClN4O6. The van der Waals surface area contributed by atoms with Crippen LogP contribution >= 0.6 is 11.6 Å². The van der Waals surface area contributed by atoms with Crippen LogP contribution in [0.2, 0.25) is 5.02 Å². The van der Waals surface area contributed by atoms with E-state index in [1.54, 1.807) is 26.0 Å². The van der Waals surface area contributed by atoms with Gasteiger partial charge >= 0.3 is 11.9 Å². The van der Waals surface area contributed by atoms with E-state index in [-0.39, 0.29) is 23.4 Å². The summed E-state index contributed by atoms with van der Waals surface area (Å²) in [5.41, 5.74) is 6.62. The first-order valence-electron chi connectivity index (χ1n) is 17.7. The van der Waals surface area contributed by atoms with Crippen LogP contribution < -0.4 is 10.6 Å². The third kappa shape index (κ3) is 8.82. The molecule has 266 valence electrons. The Labute approximate surface area is 298 Å². The van der Waals surface area contributed by atoms with Crippen LogP contribution in [0.25, 0.3) is 10.9 Å².